The molecule has 2 aliphatic rings. The molecule has 2 aliphatic heterocycles. The van der Waals surface area contributed by atoms with Gasteiger partial charge in [0.1, 0.15) is 5.76 Å². The van der Waals surface area contributed by atoms with Crippen LogP contribution in [0, 0.1) is 0 Å². The lowest BCUT2D eigenvalue weighted by Crippen LogP contribution is -2.19. The van der Waals surface area contributed by atoms with Crippen LogP contribution >= 0.6 is 0 Å². The number of ether oxygens (including phenoxy) is 2. The molecule has 58 valence electrons. The van der Waals surface area contributed by atoms with Gasteiger partial charge < -0.3 is 14.6 Å². The molecule has 0 aromatic heterocycles. The Hall–Kier alpha value is -1.13. The third kappa shape index (κ3) is 0.961. The highest BCUT2D eigenvalue weighted by Gasteiger charge is 2.28. The van der Waals surface area contributed by atoms with Crippen LogP contribution in [0.4, 0.5) is 0 Å². The van der Waals surface area contributed by atoms with E-state index < -0.39 is 12.3 Å². The van der Waals surface area contributed by atoms with Crippen molar-refractivity contribution in [3.8, 4) is 0 Å². The second kappa shape index (κ2) is 2.18. The molecule has 11 heavy (non-hydrogen) atoms. The van der Waals surface area contributed by atoms with Crippen LogP contribution in [0.1, 0.15) is 0 Å². The standard InChI is InChI=1S/C7H6O4/c8-6-3-4-5(11-6)1-2-10-7(4)9/h1,3,7,9H,2H2/i3+1,6+1. The summed E-state index contributed by atoms with van der Waals surface area (Å²) < 4.78 is 9.54. The summed E-state index contributed by atoms with van der Waals surface area (Å²) in [5.41, 5.74) is 0.418. The summed E-state index contributed by atoms with van der Waals surface area (Å²) >= 11 is 0. The first-order valence-electron chi connectivity index (χ1n) is 3.21. The van der Waals surface area contributed by atoms with Crippen molar-refractivity contribution in [2.24, 2.45) is 0 Å². The van der Waals surface area contributed by atoms with Crippen LogP contribution in [0.2, 0.25) is 0 Å². The largest absolute Gasteiger partial charge is 0.423 e. The molecule has 0 bridgehead atoms. The van der Waals surface area contributed by atoms with Crippen LogP contribution in [0.3, 0.4) is 0 Å². The first-order valence-corrected chi connectivity index (χ1v) is 3.21. The van der Waals surface area contributed by atoms with Crippen LogP contribution < -0.4 is 0 Å². The maximum atomic E-state index is 10.6. The van der Waals surface area contributed by atoms with E-state index in [4.69, 9.17) is 14.6 Å². The number of fused-ring (bicyclic) bond motifs is 1. The van der Waals surface area contributed by atoms with Crippen molar-refractivity contribution in [1.82, 2.24) is 0 Å². The molecule has 0 aromatic carbocycles. The molecule has 0 amide bonds. The van der Waals surface area contributed by atoms with E-state index in [-0.39, 0.29) is 6.61 Å². The molecule has 0 aliphatic carbocycles. The van der Waals surface area contributed by atoms with Crippen molar-refractivity contribution in [1.29, 1.82) is 0 Å². The third-order valence-corrected chi connectivity index (χ3v) is 1.56. The fourth-order valence-corrected chi connectivity index (χ4v) is 1.05. The van der Waals surface area contributed by atoms with Gasteiger partial charge in [-0.05, 0) is 6.08 Å². The molecule has 2 heterocycles. The quantitative estimate of drug-likeness (QED) is 0.386. The lowest BCUT2D eigenvalue weighted by atomic mass is 10.2. The van der Waals surface area contributed by atoms with Crippen molar-refractivity contribution in [2.45, 2.75) is 6.29 Å². The van der Waals surface area contributed by atoms with Crippen LogP contribution in [0.15, 0.2) is 23.5 Å². The van der Waals surface area contributed by atoms with Crippen LogP contribution in [0.5, 0.6) is 0 Å². The lowest BCUT2D eigenvalue weighted by molar-refractivity contribution is -0.132. The average molecular weight is 156 g/mol. The number of carbonyl (C=O) groups is 1. The zero-order chi connectivity index (χ0) is 7.84. The minimum Gasteiger partial charge on any atom is -0.423 e. The van der Waals surface area contributed by atoms with E-state index in [0.717, 1.165) is 0 Å². The fraction of sp³-hybridized carbons (Fsp3) is 0.286. The Morgan fingerprint density at radius 1 is 1.64 bits per heavy atom. The number of aliphatic hydroxyl groups excluding tert-OH is 1. The normalized spacial score (nSPS) is 28.8. The molecule has 1 unspecified atom stereocenters. The maximum absolute atomic E-state index is 10.6. The summed E-state index contributed by atoms with van der Waals surface area (Å²) in [6, 6.07) is 0. The van der Waals surface area contributed by atoms with E-state index in [1.54, 1.807) is 6.08 Å². The molecule has 1 atom stereocenters. The van der Waals surface area contributed by atoms with Crippen molar-refractivity contribution in [3.05, 3.63) is 23.5 Å². The highest BCUT2D eigenvalue weighted by atomic mass is 16.6. The molecule has 4 nitrogen and oxygen atoms in total. The van der Waals surface area contributed by atoms with E-state index in [1.165, 1.54) is 6.08 Å². The number of carbonyl (C=O) groups excluding carboxylic acids is 1. The highest BCUT2D eigenvalue weighted by molar-refractivity contribution is 5.88. The van der Waals surface area contributed by atoms with E-state index >= 15 is 0 Å². The Balaban J connectivity index is 2.38. The van der Waals surface area contributed by atoms with Gasteiger partial charge in [0.25, 0.3) is 0 Å². The Kier molecular flexibility index (Phi) is 1.30. The molecule has 0 saturated heterocycles. The van der Waals surface area contributed by atoms with E-state index in [1.807, 2.05) is 0 Å². The highest BCUT2D eigenvalue weighted by Crippen LogP contribution is 2.26. The SMILES string of the molecule is O=[13C]1[13CH]=C2C(=CCOC2O)O1. The molecular weight excluding hydrogens is 150 g/mol. The first kappa shape index (κ1) is 6.57. The van der Waals surface area contributed by atoms with E-state index in [2.05, 4.69) is 0 Å². The van der Waals surface area contributed by atoms with Crippen molar-refractivity contribution in [2.75, 3.05) is 6.61 Å². The molecule has 0 radical (unpaired) electrons. The first-order chi connectivity index (χ1) is 5.27. The fourth-order valence-electron chi connectivity index (χ4n) is 1.05. The molecule has 0 fully saturated rings. The Morgan fingerprint density at radius 2 is 2.45 bits per heavy atom. The number of esters is 1. The Morgan fingerprint density at radius 3 is 3.18 bits per heavy atom. The number of hydrogen-bond acceptors (Lipinski definition) is 4. The number of hydrogen-bond donors (Lipinski definition) is 1. The lowest BCUT2D eigenvalue weighted by Gasteiger charge is -2.16. The van der Waals surface area contributed by atoms with Gasteiger partial charge in [-0.25, -0.2) is 4.79 Å². The van der Waals surface area contributed by atoms with Gasteiger partial charge in [0.05, 0.1) is 12.2 Å². The number of rotatable bonds is 0. The summed E-state index contributed by atoms with van der Waals surface area (Å²) in [5.74, 6) is -0.0236. The van der Waals surface area contributed by atoms with Crippen molar-refractivity contribution >= 4 is 5.97 Å². The molecule has 0 aromatic rings. The summed E-state index contributed by atoms with van der Waals surface area (Å²) in [7, 11) is 0. The Labute approximate surface area is 62.7 Å². The van der Waals surface area contributed by atoms with E-state index in [9.17, 15) is 4.79 Å². The van der Waals surface area contributed by atoms with Gasteiger partial charge in [-0.2, -0.15) is 0 Å². The second-order valence-electron chi connectivity index (χ2n) is 2.27. The van der Waals surface area contributed by atoms with Crippen LogP contribution in [-0.2, 0) is 14.3 Å². The predicted molar refractivity (Wildman–Crippen MR) is 34.2 cm³/mol. The monoisotopic (exact) mass is 156 g/mol. The summed E-state index contributed by atoms with van der Waals surface area (Å²) in [5, 5.41) is 9.13. The topological polar surface area (TPSA) is 55.8 Å². The molecule has 4 heteroatoms. The summed E-state index contributed by atoms with van der Waals surface area (Å²) in [6.07, 6.45) is 1.83. The minimum absolute atomic E-state index is 0.279. The third-order valence-electron chi connectivity index (χ3n) is 1.56. The van der Waals surface area contributed by atoms with Gasteiger partial charge in [-0.1, -0.05) is 0 Å². The van der Waals surface area contributed by atoms with Gasteiger partial charge in [0.2, 0.25) is 0 Å². The summed E-state index contributed by atoms with van der Waals surface area (Å²) in [6.45, 7) is 0.279. The average Bonchev–Trinajstić information content (AvgIpc) is 2.31. The van der Waals surface area contributed by atoms with Crippen LogP contribution in [0.25, 0.3) is 0 Å². The van der Waals surface area contributed by atoms with E-state index in [0.29, 0.717) is 11.3 Å². The maximum Gasteiger partial charge on any atom is 0.336 e. The minimum atomic E-state index is -1.01. The zero-order valence-electron chi connectivity index (χ0n) is 5.61. The van der Waals surface area contributed by atoms with Gasteiger partial charge >= 0.3 is 5.97 Å². The number of aliphatic hydroxyl groups is 1. The van der Waals surface area contributed by atoms with Crippen LogP contribution in [-0.4, -0.2) is 24.0 Å². The van der Waals surface area contributed by atoms with Gasteiger partial charge in [-0.3, -0.25) is 0 Å². The molecular formula is C7H6O4. The molecule has 0 saturated carbocycles. The predicted octanol–water partition coefficient (Wildman–Crippen LogP) is -0.298. The van der Waals surface area contributed by atoms with Gasteiger partial charge in [0, 0.05) is 6.08 Å². The second-order valence-corrected chi connectivity index (χ2v) is 2.27. The smallest absolute Gasteiger partial charge is 0.336 e. The molecule has 2 rings (SSSR count). The van der Waals surface area contributed by atoms with Crippen molar-refractivity contribution in [3.63, 3.8) is 0 Å². The molecule has 1 N–H and O–H groups in total. The summed E-state index contributed by atoms with van der Waals surface area (Å²) in [4.78, 5) is 10.6. The van der Waals surface area contributed by atoms with Gasteiger partial charge in [-0.15, -0.1) is 0 Å². The zero-order valence-corrected chi connectivity index (χ0v) is 5.61. The Bertz CT molecular complexity index is 264. The molecule has 0 spiro atoms. The van der Waals surface area contributed by atoms with Gasteiger partial charge in [0.15, 0.2) is 6.29 Å². The van der Waals surface area contributed by atoms with Crippen molar-refractivity contribution < 1.29 is 19.4 Å².